The molecule has 7 heteroatoms. The summed E-state index contributed by atoms with van der Waals surface area (Å²) in [5.41, 5.74) is 2.98. The molecule has 0 radical (unpaired) electrons. The van der Waals surface area contributed by atoms with Gasteiger partial charge in [0.05, 0.1) is 18.9 Å². The summed E-state index contributed by atoms with van der Waals surface area (Å²) in [4.78, 5) is 20.1. The number of morpholine rings is 1. The zero-order valence-electron chi connectivity index (χ0n) is 14.5. The molecule has 0 saturated carbocycles. The van der Waals surface area contributed by atoms with Crippen molar-refractivity contribution in [2.75, 3.05) is 39.4 Å². The van der Waals surface area contributed by atoms with Crippen molar-refractivity contribution in [2.45, 2.75) is 13.8 Å². The molecule has 0 aliphatic carbocycles. The fraction of sp³-hybridized carbons (Fsp3) is 0.444. The van der Waals surface area contributed by atoms with Crippen molar-refractivity contribution < 1.29 is 9.53 Å². The van der Waals surface area contributed by atoms with Crippen LogP contribution in [0.4, 0.5) is 0 Å². The lowest BCUT2D eigenvalue weighted by Gasteiger charge is -2.26. The summed E-state index contributed by atoms with van der Waals surface area (Å²) >= 11 is 5.03. The van der Waals surface area contributed by atoms with Gasteiger partial charge in [0.1, 0.15) is 9.88 Å². The highest BCUT2D eigenvalue weighted by molar-refractivity contribution is 9.10. The first-order chi connectivity index (χ1) is 12.0. The quantitative estimate of drug-likeness (QED) is 0.801. The molecule has 0 atom stereocenters. The topological polar surface area (TPSA) is 54.5 Å². The molecule has 1 aromatic carbocycles. The summed E-state index contributed by atoms with van der Waals surface area (Å²) in [7, 11) is 0. The van der Waals surface area contributed by atoms with Crippen molar-refractivity contribution in [3.63, 3.8) is 0 Å². The van der Waals surface area contributed by atoms with Gasteiger partial charge >= 0.3 is 0 Å². The number of rotatable bonds is 5. The van der Waals surface area contributed by atoms with Crippen LogP contribution in [0, 0.1) is 13.8 Å². The fourth-order valence-corrected chi connectivity index (χ4v) is 4.58. The van der Waals surface area contributed by atoms with E-state index in [0.717, 1.165) is 53.6 Å². The SMILES string of the molecule is Cc1ccc(-c2nc(C)c(C(=O)NCCN3CCOCC3)s2)c(Br)c1. The monoisotopic (exact) mass is 423 g/mol. The van der Waals surface area contributed by atoms with Crippen molar-refractivity contribution in [2.24, 2.45) is 0 Å². The number of halogens is 1. The molecule has 1 amide bonds. The van der Waals surface area contributed by atoms with Gasteiger partial charge in [-0.1, -0.05) is 28.1 Å². The van der Waals surface area contributed by atoms with Gasteiger partial charge in [-0.25, -0.2) is 4.98 Å². The normalized spacial score (nSPS) is 15.3. The Morgan fingerprint density at radius 3 is 2.84 bits per heavy atom. The van der Waals surface area contributed by atoms with Crippen LogP contribution in [0.3, 0.4) is 0 Å². The Labute approximate surface area is 160 Å². The summed E-state index contributed by atoms with van der Waals surface area (Å²) in [6.07, 6.45) is 0. The molecule has 25 heavy (non-hydrogen) atoms. The number of aromatic nitrogens is 1. The summed E-state index contributed by atoms with van der Waals surface area (Å²) in [6, 6.07) is 6.16. The molecule has 1 aliphatic rings. The maximum absolute atomic E-state index is 12.5. The number of hydrogen-bond acceptors (Lipinski definition) is 5. The molecule has 134 valence electrons. The van der Waals surface area contributed by atoms with Crippen molar-refractivity contribution in [1.29, 1.82) is 0 Å². The predicted octanol–water partition coefficient (Wildman–Crippen LogP) is 3.25. The van der Waals surface area contributed by atoms with Crippen molar-refractivity contribution in [3.8, 4) is 10.6 Å². The zero-order valence-corrected chi connectivity index (χ0v) is 16.9. The summed E-state index contributed by atoms with van der Waals surface area (Å²) in [6.45, 7) is 8.84. The lowest BCUT2D eigenvalue weighted by molar-refractivity contribution is 0.0383. The van der Waals surface area contributed by atoms with Crippen LogP contribution in [-0.4, -0.2) is 55.2 Å². The lowest BCUT2D eigenvalue weighted by Crippen LogP contribution is -2.41. The van der Waals surface area contributed by atoms with Gasteiger partial charge in [0.2, 0.25) is 0 Å². The number of aryl methyl sites for hydroxylation is 2. The molecule has 1 N–H and O–H groups in total. The molecule has 0 spiro atoms. The minimum atomic E-state index is -0.0438. The number of carbonyl (C=O) groups excluding carboxylic acids is 1. The number of carbonyl (C=O) groups is 1. The van der Waals surface area contributed by atoms with E-state index in [1.165, 1.54) is 16.9 Å². The van der Waals surface area contributed by atoms with Gasteiger partial charge in [0.15, 0.2) is 0 Å². The number of nitrogens with one attached hydrogen (secondary N) is 1. The molecule has 5 nitrogen and oxygen atoms in total. The van der Waals surface area contributed by atoms with E-state index in [1.807, 2.05) is 13.0 Å². The van der Waals surface area contributed by atoms with Gasteiger partial charge in [-0.3, -0.25) is 9.69 Å². The van der Waals surface area contributed by atoms with E-state index in [0.29, 0.717) is 11.4 Å². The average molecular weight is 424 g/mol. The number of hydrogen-bond donors (Lipinski definition) is 1. The first-order valence-electron chi connectivity index (χ1n) is 8.37. The van der Waals surface area contributed by atoms with Crippen LogP contribution >= 0.6 is 27.3 Å². The summed E-state index contributed by atoms with van der Waals surface area (Å²) < 4.78 is 6.33. The van der Waals surface area contributed by atoms with E-state index < -0.39 is 0 Å². The third-order valence-electron chi connectivity index (χ3n) is 4.18. The van der Waals surface area contributed by atoms with Crippen molar-refractivity contribution in [3.05, 3.63) is 38.8 Å². The van der Waals surface area contributed by atoms with Crippen molar-refractivity contribution in [1.82, 2.24) is 15.2 Å². The van der Waals surface area contributed by atoms with Crippen LogP contribution in [0.15, 0.2) is 22.7 Å². The van der Waals surface area contributed by atoms with E-state index in [2.05, 4.69) is 50.2 Å². The second kappa shape index (κ2) is 8.40. The van der Waals surface area contributed by atoms with E-state index in [9.17, 15) is 4.79 Å². The maximum atomic E-state index is 12.5. The molecular formula is C18H22BrN3O2S. The van der Waals surface area contributed by atoms with Crippen LogP contribution in [0.1, 0.15) is 20.9 Å². The van der Waals surface area contributed by atoms with E-state index in [1.54, 1.807) is 0 Å². The Morgan fingerprint density at radius 2 is 2.12 bits per heavy atom. The molecule has 1 saturated heterocycles. The van der Waals surface area contributed by atoms with Gasteiger partial charge in [-0.05, 0) is 25.5 Å². The Hall–Kier alpha value is -1.28. The highest BCUT2D eigenvalue weighted by atomic mass is 79.9. The summed E-state index contributed by atoms with van der Waals surface area (Å²) in [5.74, 6) is -0.0438. The predicted molar refractivity (Wildman–Crippen MR) is 104 cm³/mol. The largest absolute Gasteiger partial charge is 0.379 e. The van der Waals surface area contributed by atoms with Gasteiger partial charge in [-0.2, -0.15) is 0 Å². The van der Waals surface area contributed by atoms with Gasteiger partial charge < -0.3 is 10.1 Å². The average Bonchev–Trinajstić information content (AvgIpc) is 2.97. The lowest BCUT2D eigenvalue weighted by atomic mass is 10.2. The number of ether oxygens (including phenoxy) is 1. The standard InChI is InChI=1S/C18H22BrN3O2S/c1-12-3-4-14(15(19)11-12)18-21-13(2)16(25-18)17(23)20-5-6-22-7-9-24-10-8-22/h3-4,11H,5-10H2,1-2H3,(H,20,23). The molecule has 2 aromatic rings. The fourth-order valence-electron chi connectivity index (χ4n) is 2.75. The second-order valence-corrected chi connectivity index (χ2v) is 7.98. The van der Waals surface area contributed by atoms with Gasteiger partial charge in [0.25, 0.3) is 5.91 Å². The molecule has 0 unspecified atom stereocenters. The third-order valence-corrected chi connectivity index (χ3v) is 6.02. The van der Waals surface area contributed by atoms with E-state index >= 15 is 0 Å². The van der Waals surface area contributed by atoms with Gasteiger partial charge in [0, 0.05) is 36.2 Å². The van der Waals surface area contributed by atoms with Gasteiger partial charge in [-0.15, -0.1) is 11.3 Å². The first kappa shape index (κ1) is 18.5. The Bertz CT molecular complexity index is 757. The Kier molecular flexibility index (Phi) is 6.22. The molecule has 3 rings (SSSR count). The van der Waals surface area contributed by atoms with Crippen LogP contribution in [-0.2, 0) is 4.74 Å². The van der Waals surface area contributed by atoms with Crippen LogP contribution in [0.2, 0.25) is 0 Å². The minimum Gasteiger partial charge on any atom is -0.379 e. The Balaban J connectivity index is 1.64. The van der Waals surface area contributed by atoms with Crippen LogP contribution in [0.25, 0.3) is 10.6 Å². The van der Waals surface area contributed by atoms with E-state index in [4.69, 9.17) is 4.74 Å². The number of nitrogens with zero attached hydrogens (tertiary/aromatic N) is 2. The molecule has 1 aromatic heterocycles. The highest BCUT2D eigenvalue weighted by Gasteiger charge is 2.18. The van der Waals surface area contributed by atoms with Crippen molar-refractivity contribution >= 4 is 33.2 Å². The summed E-state index contributed by atoms with van der Waals surface area (Å²) in [5, 5.41) is 3.88. The molecular weight excluding hydrogens is 402 g/mol. The second-order valence-electron chi connectivity index (χ2n) is 6.13. The number of amides is 1. The molecule has 1 aliphatic heterocycles. The van der Waals surface area contributed by atoms with Crippen LogP contribution in [0.5, 0.6) is 0 Å². The third kappa shape index (κ3) is 4.67. The molecule has 1 fully saturated rings. The number of benzene rings is 1. The maximum Gasteiger partial charge on any atom is 0.263 e. The smallest absolute Gasteiger partial charge is 0.263 e. The van der Waals surface area contributed by atoms with E-state index in [-0.39, 0.29) is 5.91 Å². The number of thiazole rings is 1. The highest BCUT2D eigenvalue weighted by Crippen LogP contribution is 2.33. The zero-order chi connectivity index (χ0) is 17.8. The van der Waals surface area contributed by atoms with Crippen LogP contribution < -0.4 is 5.32 Å². The minimum absolute atomic E-state index is 0.0438. The molecule has 0 bridgehead atoms. The first-order valence-corrected chi connectivity index (χ1v) is 9.98. The Morgan fingerprint density at radius 1 is 1.36 bits per heavy atom. The molecule has 2 heterocycles.